The number of ether oxygens (including phenoxy) is 1. The van der Waals surface area contributed by atoms with Crippen molar-refractivity contribution in [1.82, 2.24) is 0 Å². The van der Waals surface area contributed by atoms with Crippen LogP contribution in [0.2, 0.25) is 18.1 Å². The normalized spacial score (nSPS) is 16.9. The summed E-state index contributed by atoms with van der Waals surface area (Å²) in [4.78, 5) is 0. The highest BCUT2D eigenvalue weighted by atomic mass is 28.4. The van der Waals surface area contributed by atoms with E-state index < -0.39 is 8.32 Å². The van der Waals surface area contributed by atoms with Crippen LogP contribution in [0.1, 0.15) is 34.1 Å². The highest BCUT2D eigenvalue weighted by Crippen LogP contribution is 2.37. The molecule has 16 heavy (non-hydrogen) atoms. The van der Waals surface area contributed by atoms with Crippen LogP contribution in [0, 0.1) is 0 Å². The molecule has 0 aliphatic rings. The fourth-order valence-electron chi connectivity index (χ4n) is 1.06. The van der Waals surface area contributed by atoms with Gasteiger partial charge < -0.3 is 9.16 Å². The molecule has 0 aliphatic heterocycles. The third-order valence-corrected chi connectivity index (χ3v) is 8.09. The van der Waals surface area contributed by atoms with Crippen molar-refractivity contribution in [3.05, 3.63) is 12.7 Å². The Labute approximate surface area is 102 Å². The zero-order chi connectivity index (χ0) is 13.0. The number of rotatable bonds is 6. The quantitative estimate of drug-likeness (QED) is 0.519. The Morgan fingerprint density at radius 1 is 1.19 bits per heavy atom. The summed E-state index contributed by atoms with van der Waals surface area (Å²) in [7, 11) is 0.0604. The van der Waals surface area contributed by atoms with Crippen LogP contribution in [0.5, 0.6) is 0 Å². The van der Waals surface area contributed by atoms with Crippen LogP contribution in [0.15, 0.2) is 12.7 Å². The van der Waals surface area contributed by atoms with Gasteiger partial charge in [-0.15, -0.1) is 6.58 Å². The average Bonchev–Trinajstić information content (AvgIpc) is 2.14. The van der Waals surface area contributed by atoms with E-state index in [2.05, 4.69) is 47.4 Å². The van der Waals surface area contributed by atoms with Gasteiger partial charge in [-0.05, 0) is 31.5 Å². The van der Waals surface area contributed by atoms with Crippen LogP contribution in [-0.4, -0.2) is 27.6 Å². The second kappa shape index (κ2) is 5.47. The largest absolute Gasteiger partial charge is 0.414 e. The van der Waals surface area contributed by atoms with Gasteiger partial charge in [-0.3, -0.25) is 0 Å². The van der Waals surface area contributed by atoms with Crippen molar-refractivity contribution >= 4 is 8.32 Å². The van der Waals surface area contributed by atoms with Gasteiger partial charge in [-0.25, -0.2) is 0 Å². The van der Waals surface area contributed by atoms with Crippen LogP contribution >= 0.6 is 0 Å². The Morgan fingerprint density at radius 3 is 2.00 bits per heavy atom. The van der Waals surface area contributed by atoms with Crippen molar-refractivity contribution in [2.45, 2.75) is 57.8 Å². The van der Waals surface area contributed by atoms with Crippen LogP contribution < -0.4 is 0 Å². The van der Waals surface area contributed by atoms with Crippen molar-refractivity contribution < 1.29 is 9.16 Å². The zero-order valence-corrected chi connectivity index (χ0v) is 13.0. The van der Waals surface area contributed by atoms with Crippen molar-refractivity contribution in [1.29, 1.82) is 0 Å². The lowest BCUT2D eigenvalue weighted by atomic mass is 10.0. The molecule has 2 nitrogen and oxygen atoms in total. The summed E-state index contributed by atoms with van der Waals surface area (Å²) >= 11 is 0. The van der Waals surface area contributed by atoms with E-state index in [9.17, 15) is 0 Å². The third-order valence-electron chi connectivity index (χ3n) is 3.61. The molecule has 0 N–H and O–H groups in total. The predicted octanol–water partition coefficient (Wildman–Crippen LogP) is 3.99. The van der Waals surface area contributed by atoms with E-state index in [0.29, 0.717) is 6.61 Å². The summed E-state index contributed by atoms with van der Waals surface area (Å²) < 4.78 is 11.7. The molecule has 1 unspecified atom stereocenters. The molecule has 96 valence electrons. The van der Waals surface area contributed by atoms with Gasteiger partial charge >= 0.3 is 0 Å². The molecule has 0 aromatic heterocycles. The third kappa shape index (κ3) is 4.40. The Hall–Kier alpha value is -0.123. The summed E-state index contributed by atoms with van der Waals surface area (Å²) in [6.45, 7) is 17.7. The van der Waals surface area contributed by atoms with Crippen molar-refractivity contribution in [2.75, 3.05) is 13.7 Å². The monoisotopic (exact) mass is 244 g/mol. The van der Waals surface area contributed by atoms with Gasteiger partial charge in [0.1, 0.15) is 0 Å². The minimum atomic E-state index is -1.67. The zero-order valence-electron chi connectivity index (χ0n) is 12.0. The molecular weight excluding hydrogens is 216 g/mol. The highest BCUT2D eigenvalue weighted by Gasteiger charge is 2.39. The maximum atomic E-state index is 6.17. The van der Waals surface area contributed by atoms with E-state index in [-0.39, 0.29) is 10.6 Å². The van der Waals surface area contributed by atoms with Crippen LogP contribution in [0.3, 0.4) is 0 Å². The predicted molar refractivity (Wildman–Crippen MR) is 73.4 cm³/mol. The maximum Gasteiger partial charge on any atom is 0.192 e. The molecule has 3 heteroatoms. The summed E-state index contributed by atoms with van der Waals surface area (Å²) in [6, 6.07) is 0. The molecular formula is C13H28O2Si. The molecule has 0 radical (unpaired) electrons. The second-order valence-corrected chi connectivity index (χ2v) is 11.0. The van der Waals surface area contributed by atoms with Gasteiger partial charge in [0, 0.05) is 7.11 Å². The summed E-state index contributed by atoms with van der Waals surface area (Å²) in [6.07, 6.45) is 2.70. The molecule has 0 spiro atoms. The van der Waals surface area contributed by atoms with E-state index in [1.54, 1.807) is 7.11 Å². The number of methoxy groups -OCH3 is 1. The van der Waals surface area contributed by atoms with Crippen molar-refractivity contribution in [3.8, 4) is 0 Å². The van der Waals surface area contributed by atoms with Gasteiger partial charge in [-0.1, -0.05) is 26.8 Å². The van der Waals surface area contributed by atoms with E-state index >= 15 is 0 Å². The minimum Gasteiger partial charge on any atom is -0.414 e. The van der Waals surface area contributed by atoms with E-state index in [1.807, 2.05) is 6.08 Å². The maximum absolute atomic E-state index is 6.17. The van der Waals surface area contributed by atoms with E-state index in [0.717, 1.165) is 6.42 Å². The Kier molecular flexibility index (Phi) is 5.43. The first kappa shape index (κ1) is 15.9. The number of hydrogen-bond acceptors (Lipinski definition) is 2. The molecule has 0 aromatic rings. The van der Waals surface area contributed by atoms with Crippen molar-refractivity contribution in [2.24, 2.45) is 0 Å². The smallest absolute Gasteiger partial charge is 0.192 e. The summed E-state index contributed by atoms with van der Waals surface area (Å²) in [5, 5.41) is 0.246. The van der Waals surface area contributed by atoms with E-state index in [4.69, 9.17) is 9.16 Å². The first-order valence-corrected chi connectivity index (χ1v) is 8.79. The minimum absolute atomic E-state index is 0.239. The lowest BCUT2D eigenvalue weighted by molar-refractivity contribution is -0.0308. The summed E-state index contributed by atoms with van der Waals surface area (Å²) in [5.41, 5.74) is -0.239. The lowest BCUT2D eigenvalue weighted by Gasteiger charge is -2.39. The van der Waals surface area contributed by atoms with Crippen LogP contribution in [-0.2, 0) is 9.16 Å². The van der Waals surface area contributed by atoms with Crippen LogP contribution in [0.4, 0.5) is 0 Å². The lowest BCUT2D eigenvalue weighted by Crippen LogP contribution is -2.45. The van der Waals surface area contributed by atoms with Gasteiger partial charge in [0.25, 0.3) is 0 Å². The topological polar surface area (TPSA) is 18.5 Å². The van der Waals surface area contributed by atoms with Crippen LogP contribution in [0.25, 0.3) is 0 Å². The SMILES string of the molecule is C=CCC(C)(CO[Si](C)(C)C(C)(C)C)OC. The van der Waals surface area contributed by atoms with Gasteiger partial charge in [0.2, 0.25) is 0 Å². The molecule has 0 rings (SSSR count). The molecule has 0 bridgehead atoms. The first-order valence-electron chi connectivity index (χ1n) is 5.88. The van der Waals surface area contributed by atoms with E-state index in [1.165, 1.54) is 0 Å². The van der Waals surface area contributed by atoms with Crippen molar-refractivity contribution in [3.63, 3.8) is 0 Å². The second-order valence-electron chi connectivity index (χ2n) is 6.20. The molecule has 0 saturated carbocycles. The van der Waals surface area contributed by atoms with Gasteiger partial charge in [0.05, 0.1) is 12.2 Å². The van der Waals surface area contributed by atoms with Gasteiger partial charge in [-0.2, -0.15) is 0 Å². The fraction of sp³-hybridized carbons (Fsp3) is 0.846. The Balaban J connectivity index is 4.48. The molecule has 0 amide bonds. The molecule has 0 saturated heterocycles. The fourth-order valence-corrected chi connectivity index (χ4v) is 2.16. The van der Waals surface area contributed by atoms with Gasteiger partial charge in [0.15, 0.2) is 8.32 Å². The highest BCUT2D eigenvalue weighted by molar-refractivity contribution is 6.74. The Morgan fingerprint density at radius 2 is 1.69 bits per heavy atom. The first-order chi connectivity index (χ1) is 7.08. The molecule has 1 atom stereocenters. The average molecular weight is 244 g/mol. The Bertz CT molecular complexity index is 231. The molecule has 0 heterocycles. The molecule has 0 aromatic carbocycles. The molecule has 0 aliphatic carbocycles. The molecule has 0 fully saturated rings. The standard InChI is InChI=1S/C13H28O2Si/c1-9-10-13(5,14-6)11-15-16(7,8)12(2,3)4/h9H,1,10-11H2,2-8H3. The summed E-state index contributed by atoms with van der Waals surface area (Å²) in [5.74, 6) is 0. The number of hydrogen-bond donors (Lipinski definition) is 0.